The van der Waals surface area contributed by atoms with Crippen molar-refractivity contribution in [3.8, 4) is 5.75 Å². The van der Waals surface area contributed by atoms with Gasteiger partial charge in [-0.3, -0.25) is 0 Å². The van der Waals surface area contributed by atoms with Gasteiger partial charge in [0.15, 0.2) is 5.82 Å². The number of phenols is 1. The number of hydrogen-bond acceptors (Lipinski definition) is 7. The van der Waals surface area contributed by atoms with Crippen molar-refractivity contribution in [2.24, 2.45) is 5.73 Å². The highest BCUT2D eigenvalue weighted by atomic mass is 32.2. The lowest BCUT2D eigenvalue weighted by Crippen LogP contribution is -2.16. The van der Waals surface area contributed by atoms with Crippen LogP contribution in [0.5, 0.6) is 5.75 Å². The van der Waals surface area contributed by atoms with E-state index in [0.29, 0.717) is 12.2 Å². The summed E-state index contributed by atoms with van der Waals surface area (Å²) in [6, 6.07) is 6.08. The van der Waals surface area contributed by atoms with Crippen molar-refractivity contribution in [3.05, 3.63) is 41.5 Å². The molecule has 1 heterocycles. The van der Waals surface area contributed by atoms with Gasteiger partial charge in [-0.15, -0.1) is 0 Å². The quantitative estimate of drug-likeness (QED) is 0.809. The Morgan fingerprint density at radius 3 is 2.62 bits per heavy atom. The second-order valence-corrected chi connectivity index (χ2v) is 7.18. The standard InChI is InChI=1S/C13H17N3O4S/c1-21(18,19)7-6-11(14)13-15-12(16-20-13)8-9-2-4-10(17)5-3-9/h2-5,11,17H,6-8,14H2,1H3. The third-order valence-corrected chi connectivity index (χ3v) is 3.88. The summed E-state index contributed by atoms with van der Waals surface area (Å²) in [6.45, 7) is 0. The summed E-state index contributed by atoms with van der Waals surface area (Å²) in [7, 11) is -3.07. The minimum Gasteiger partial charge on any atom is -0.508 e. The van der Waals surface area contributed by atoms with Gasteiger partial charge in [-0.05, 0) is 24.1 Å². The number of nitrogens with two attached hydrogens (primary N) is 1. The average Bonchev–Trinajstić information content (AvgIpc) is 2.86. The van der Waals surface area contributed by atoms with Crippen LogP contribution in [0.2, 0.25) is 0 Å². The molecule has 0 amide bonds. The molecule has 0 aliphatic heterocycles. The first-order chi connectivity index (χ1) is 9.83. The highest BCUT2D eigenvalue weighted by Gasteiger charge is 2.17. The van der Waals surface area contributed by atoms with Crippen molar-refractivity contribution in [3.63, 3.8) is 0 Å². The third-order valence-electron chi connectivity index (χ3n) is 2.90. The Kier molecular flexibility index (Phi) is 4.59. The van der Waals surface area contributed by atoms with E-state index < -0.39 is 15.9 Å². The van der Waals surface area contributed by atoms with Crippen LogP contribution in [-0.4, -0.2) is 35.7 Å². The van der Waals surface area contributed by atoms with E-state index in [1.165, 1.54) is 0 Å². The van der Waals surface area contributed by atoms with E-state index in [4.69, 9.17) is 10.3 Å². The maximum Gasteiger partial charge on any atom is 0.243 e. The van der Waals surface area contributed by atoms with Crippen molar-refractivity contribution in [1.82, 2.24) is 10.1 Å². The van der Waals surface area contributed by atoms with Crippen LogP contribution >= 0.6 is 0 Å². The molecule has 0 spiro atoms. The fourth-order valence-corrected chi connectivity index (χ4v) is 2.43. The summed E-state index contributed by atoms with van der Waals surface area (Å²) in [5, 5.41) is 13.0. The van der Waals surface area contributed by atoms with Crippen LogP contribution in [0.4, 0.5) is 0 Å². The molecule has 3 N–H and O–H groups in total. The van der Waals surface area contributed by atoms with Gasteiger partial charge in [-0.2, -0.15) is 4.98 Å². The van der Waals surface area contributed by atoms with Crippen LogP contribution in [0.25, 0.3) is 0 Å². The maximum atomic E-state index is 11.1. The lowest BCUT2D eigenvalue weighted by molar-refractivity contribution is 0.349. The Morgan fingerprint density at radius 2 is 2.00 bits per heavy atom. The summed E-state index contributed by atoms with van der Waals surface area (Å²) >= 11 is 0. The molecule has 1 aromatic heterocycles. The second kappa shape index (κ2) is 6.23. The van der Waals surface area contributed by atoms with Gasteiger partial charge in [0.05, 0.1) is 11.8 Å². The van der Waals surface area contributed by atoms with Gasteiger partial charge < -0.3 is 15.4 Å². The highest BCUT2D eigenvalue weighted by Crippen LogP contribution is 2.16. The molecule has 0 bridgehead atoms. The van der Waals surface area contributed by atoms with E-state index >= 15 is 0 Å². The Hall–Kier alpha value is -1.93. The average molecular weight is 311 g/mol. The molecular weight excluding hydrogens is 294 g/mol. The normalized spacial score (nSPS) is 13.2. The maximum absolute atomic E-state index is 11.1. The molecule has 7 nitrogen and oxygen atoms in total. The molecule has 1 unspecified atom stereocenters. The Labute approximate surface area is 122 Å². The van der Waals surface area contributed by atoms with E-state index in [0.717, 1.165) is 11.8 Å². The first kappa shape index (κ1) is 15.5. The number of aromatic hydroxyl groups is 1. The van der Waals surface area contributed by atoms with Crippen molar-refractivity contribution in [1.29, 1.82) is 0 Å². The van der Waals surface area contributed by atoms with E-state index in [-0.39, 0.29) is 23.8 Å². The van der Waals surface area contributed by atoms with Gasteiger partial charge in [0.2, 0.25) is 5.89 Å². The fourth-order valence-electron chi connectivity index (χ4n) is 1.75. The van der Waals surface area contributed by atoms with Gasteiger partial charge in [0.1, 0.15) is 15.6 Å². The predicted octanol–water partition coefficient (Wildman–Crippen LogP) is 0.801. The Balaban J connectivity index is 1.99. The van der Waals surface area contributed by atoms with Crippen LogP contribution < -0.4 is 5.73 Å². The molecule has 1 aromatic carbocycles. The summed E-state index contributed by atoms with van der Waals surface area (Å²) in [5.74, 6) is 0.859. The smallest absolute Gasteiger partial charge is 0.243 e. The molecule has 0 fully saturated rings. The van der Waals surface area contributed by atoms with Crippen LogP contribution in [0.3, 0.4) is 0 Å². The van der Waals surface area contributed by atoms with Crippen molar-refractivity contribution < 1.29 is 18.0 Å². The first-order valence-electron chi connectivity index (χ1n) is 6.37. The molecule has 114 valence electrons. The molecule has 2 aromatic rings. The van der Waals surface area contributed by atoms with E-state index in [9.17, 15) is 13.5 Å². The summed E-state index contributed by atoms with van der Waals surface area (Å²) in [6.07, 6.45) is 1.84. The number of nitrogens with zero attached hydrogens (tertiary/aromatic N) is 2. The van der Waals surface area contributed by atoms with Crippen molar-refractivity contribution >= 4 is 9.84 Å². The SMILES string of the molecule is CS(=O)(=O)CCC(N)c1nc(Cc2ccc(O)cc2)no1. The van der Waals surface area contributed by atoms with Gasteiger partial charge in [-0.1, -0.05) is 17.3 Å². The van der Waals surface area contributed by atoms with E-state index in [2.05, 4.69) is 10.1 Å². The van der Waals surface area contributed by atoms with E-state index in [1.807, 2.05) is 0 Å². The molecule has 0 aliphatic rings. The van der Waals surface area contributed by atoms with Gasteiger partial charge >= 0.3 is 0 Å². The molecule has 0 saturated heterocycles. The number of rotatable bonds is 6. The van der Waals surface area contributed by atoms with Crippen molar-refractivity contribution in [2.45, 2.75) is 18.9 Å². The zero-order chi connectivity index (χ0) is 15.5. The van der Waals surface area contributed by atoms with Gasteiger partial charge in [0, 0.05) is 12.7 Å². The number of benzene rings is 1. The number of hydrogen-bond donors (Lipinski definition) is 2. The second-order valence-electron chi connectivity index (χ2n) is 4.92. The Morgan fingerprint density at radius 1 is 1.33 bits per heavy atom. The topological polar surface area (TPSA) is 119 Å². The molecule has 1 atom stereocenters. The van der Waals surface area contributed by atoms with Crippen LogP contribution in [0, 0.1) is 0 Å². The van der Waals surface area contributed by atoms with Gasteiger partial charge in [0.25, 0.3) is 0 Å². The number of phenolic OH excluding ortho intramolecular Hbond substituents is 1. The third kappa shape index (κ3) is 4.83. The van der Waals surface area contributed by atoms with Crippen LogP contribution in [-0.2, 0) is 16.3 Å². The first-order valence-corrected chi connectivity index (χ1v) is 8.43. The molecular formula is C13H17N3O4S. The van der Waals surface area contributed by atoms with Crippen LogP contribution in [0.15, 0.2) is 28.8 Å². The summed E-state index contributed by atoms with van der Waals surface area (Å²) in [5.41, 5.74) is 6.76. The summed E-state index contributed by atoms with van der Waals surface area (Å²) in [4.78, 5) is 4.17. The molecule has 0 aliphatic carbocycles. The minimum absolute atomic E-state index is 0.0240. The lowest BCUT2D eigenvalue weighted by atomic mass is 10.1. The minimum atomic E-state index is -3.07. The number of aromatic nitrogens is 2. The highest BCUT2D eigenvalue weighted by molar-refractivity contribution is 7.90. The zero-order valence-corrected chi connectivity index (χ0v) is 12.4. The largest absolute Gasteiger partial charge is 0.508 e. The Bertz CT molecular complexity index is 694. The summed E-state index contributed by atoms with van der Waals surface area (Å²) < 4.78 is 27.3. The fraction of sp³-hybridized carbons (Fsp3) is 0.385. The van der Waals surface area contributed by atoms with Gasteiger partial charge in [-0.25, -0.2) is 8.42 Å². The molecule has 0 saturated carbocycles. The lowest BCUT2D eigenvalue weighted by Gasteiger charge is -2.04. The van der Waals surface area contributed by atoms with Crippen LogP contribution in [0.1, 0.15) is 29.7 Å². The van der Waals surface area contributed by atoms with Crippen molar-refractivity contribution in [2.75, 3.05) is 12.0 Å². The molecule has 2 rings (SSSR count). The zero-order valence-electron chi connectivity index (χ0n) is 11.6. The molecule has 0 radical (unpaired) electrons. The molecule has 8 heteroatoms. The van der Waals surface area contributed by atoms with E-state index in [1.54, 1.807) is 24.3 Å². The molecule has 21 heavy (non-hydrogen) atoms. The monoisotopic (exact) mass is 311 g/mol. The predicted molar refractivity (Wildman–Crippen MR) is 76.5 cm³/mol. The number of sulfone groups is 1.